The molecule has 0 aliphatic carbocycles. The third-order valence-electron chi connectivity index (χ3n) is 5.77. The van der Waals surface area contributed by atoms with Crippen LogP contribution in [0.15, 0.2) is 53.2 Å². The summed E-state index contributed by atoms with van der Waals surface area (Å²) in [6, 6.07) is 4.68. The molecule has 0 saturated carbocycles. The SMILES string of the molecule is CCO/N=C(/C(=O)N[C@@H]1C(=O)N2C(C(=O)O)=C(C[n+]3ccc(-c4ccn[nH]4)cc3)CS[C@H]12)c1nsc(N)n1. The van der Waals surface area contributed by atoms with Crippen molar-refractivity contribution in [3.8, 4) is 11.3 Å². The number of carboxylic acids is 1. The molecule has 2 aliphatic rings. The number of amides is 2. The van der Waals surface area contributed by atoms with Crippen molar-refractivity contribution in [3.63, 3.8) is 0 Å². The molecule has 2 aliphatic heterocycles. The van der Waals surface area contributed by atoms with E-state index in [-0.39, 0.29) is 35.5 Å². The number of hydrogen-bond donors (Lipinski definition) is 4. The second-order valence-electron chi connectivity index (χ2n) is 8.16. The van der Waals surface area contributed by atoms with Crippen LogP contribution in [0.5, 0.6) is 0 Å². The normalized spacial score (nSPS) is 19.1. The second-order valence-corrected chi connectivity index (χ2v) is 10.1. The Kier molecular flexibility index (Phi) is 7.06. The Hall–Kier alpha value is -4.31. The second kappa shape index (κ2) is 10.6. The zero-order valence-corrected chi connectivity index (χ0v) is 21.5. The van der Waals surface area contributed by atoms with Crippen molar-refractivity contribution in [1.29, 1.82) is 0 Å². The minimum Gasteiger partial charge on any atom is -0.477 e. The number of aromatic amines is 1. The van der Waals surface area contributed by atoms with Gasteiger partial charge in [-0.25, -0.2) is 9.36 Å². The van der Waals surface area contributed by atoms with Gasteiger partial charge >= 0.3 is 5.97 Å². The minimum absolute atomic E-state index is 0.0256. The van der Waals surface area contributed by atoms with Crippen LogP contribution in [-0.4, -0.2) is 76.8 Å². The fourth-order valence-corrected chi connectivity index (χ4v) is 5.81. The van der Waals surface area contributed by atoms with Crippen molar-refractivity contribution in [2.75, 3.05) is 18.1 Å². The van der Waals surface area contributed by atoms with E-state index in [0.717, 1.165) is 22.8 Å². The fourth-order valence-electron chi connectivity index (χ4n) is 4.04. The largest absolute Gasteiger partial charge is 0.477 e. The lowest BCUT2D eigenvalue weighted by molar-refractivity contribution is -0.689. The van der Waals surface area contributed by atoms with Crippen molar-refractivity contribution in [2.24, 2.45) is 5.16 Å². The van der Waals surface area contributed by atoms with Crippen LogP contribution in [-0.2, 0) is 25.8 Å². The number of pyridine rings is 1. The van der Waals surface area contributed by atoms with Gasteiger partial charge in [0.25, 0.3) is 11.8 Å². The first-order valence-electron chi connectivity index (χ1n) is 11.4. The Labute approximate surface area is 223 Å². The lowest BCUT2D eigenvalue weighted by Crippen LogP contribution is -2.71. The van der Waals surface area contributed by atoms with E-state index in [0.29, 0.717) is 11.3 Å². The Morgan fingerprint density at radius 3 is 2.79 bits per heavy atom. The number of oxime groups is 1. The molecule has 0 radical (unpaired) electrons. The standard InChI is InChI=1S/C22H21N9O5S2/c1-2-36-28-14(17-26-22(23)38-29-17)18(32)25-15-19(33)31-16(21(34)35)12(10-37-20(15)31)9-30-7-4-11(5-8-30)13-3-6-24-27-13/h3-8,15,20H,2,9-10H2,1H3,(H4,23,25,26,29,32,34,35)/p+1/b28-14+/t15-,20-/m1/s1. The number of nitrogens with two attached hydrogens (primary N) is 1. The average Bonchev–Trinajstić information content (AvgIpc) is 3.60. The molecule has 1 saturated heterocycles. The third kappa shape index (κ3) is 4.82. The molecular weight excluding hydrogens is 534 g/mol. The van der Waals surface area contributed by atoms with Gasteiger partial charge in [0.1, 0.15) is 23.7 Å². The Bertz CT molecular complexity index is 1440. The molecule has 14 nitrogen and oxygen atoms in total. The van der Waals surface area contributed by atoms with E-state index in [1.807, 2.05) is 35.2 Å². The number of thioether (sulfide) groups is 1. The van der Waals surface area contributed by atoms with Gasteiger partial charge in [-0.3, -0.25) is 19.6 Å². The topological polar surface area (TPSA) is 193 Å². The highest BCUT2D eigenvalue weighted by Gasteiger charge is 2.54. The van der Waals surface area contributed by atoms with Crippen molar-refractivity contribution < 1.29 is 28.9 Å². The fraction of sp³-hybridized carbons (Fsp3) is 0.273. The number of β-lactam (4-membered cyclic amide) rings is 1. The monoisotopic (exact) mass is 556 g/mol. The van der Waals surface area contributed by atoms with Gasteiger partial charge in [-0.15, -0.1) is 11.8 Å². The zero-order chi connectivity index (χ0) is 26.8. The molecule has 0 aromatic carbocycles. The highest BCUT2D eigenvalue weighted by molar-refractivity contribution is 8.00. The molecule has 2 atom stereocenters. The summed E-state index contributed by atoms with van der Waals surface area (Å²) in [5.41, 5.74) is 7.70. The molecule has 3 aromatic heterocycles. The van der Waals surface area contributed by atoms with Crippen molar-refractivity contribution in [2.45, 2.75) is 24.9 Å². The number of fused-ring (bicyclic) bond motifs is 1. The highest BCUT2D eigenvalue weighted by atomic mass is 32.2. The number of carbonyl (C=O) groups is 3. The number of nitrogen functional groups attached to an aromatic ring is 1. The number of rotatable bonds is 9. The summed E-state index contributed by atoms with van der Waals surface area (Å²) < 4.78 is 5.83. The number of aromatic nitrogens is 5. The lowest BCUT2D eigenvalue weighted by atomic mass is 10.0. The van der Waals surface area contributed by atoms with Gasteiger partial charge in [-0.1, -0.05) is 5.16 Å². The molecule has 1 fully saturated rings. The molecule has 5 heterocycles. The number of nitrogens with zero attached hydrogens (tertiary/aromatic N) is 6. The van der Waals surface area contributed by atoms with Crippen LogP contribution in [0.1, 0.15) is 12.7 Å². The number of hydrogen-bond acceptors (Lipinski definition) is 11. The first-order chi connectivity index (χ1) is 18.4. The van der Waals surface area contributed by atoms with Crippen molar-refractivity contribution in [3.05, 3.63) is 53.9 Å². The summed E-state index contributed by atoms with van der Waals surface area (Å²) in [5.74, 6) is -2.14. The van der Waals surface area contributed by atoms with Gasteiger partial charge in [0, 0.05) is 46.8 Å². The summed E-state index contributed by atoms with van der Waals surface area (Å²) >= 11 is 2.26. The Balaban J connectivity index is 1.32. The van der Waals surface area contributed by atoms with E-state index in [9.17, 15) is 19.5 Å². The van der Waals surface area contributed by atoms with Gasteiger partial charge in [0.05, 0.1) is 5.69 Å². The summed E-state index contributed by atoms with van der Waals surface area (Å²) in [4.78, 5) is 48.4. The average molecular weight is 557 g/mol. The van der Waals surface area contributed by atoms with Gasteiger partial charge < -0.3 is 21.0 Å². The lowest BCUT2D eigenvalue weighted by Gasteiger charge is -2.49. The molecule has 38 heavy (non-hydrogen) atoms. The number of anilines is 1. The zero-order valence-electron chi connectivity index (χ0n) is 19.9. The molecule has 196 valence electrons. The quantitative estimate of drug-likeness (QED) is 0.120. The Morgan fingerprint density at radius 2 is 2.16 bits per heavy atom. The van der Waals surface area contributed by atoms with Crippen LogP contribution in [0, 0.1) is 0 Å². The van der Waals surface area contributed by atoms with Gasteiger partial charge in [-0.05, 0) is 13.0 Å². The van der Waals surface area contributed by atoms with E-state index in [2.05, 4.69) is 30.0 Å². The van der Waals surface area contributed by atoms with E-state index in [1.165, 1.54) is 16.7 Å². The highest BCUT2D eigenvalue weighted by Crippen LogP contribution is 2.40. The predicted octanol–water partition coefficient (Wildman–Crippen LogP) is -0.0227. The van der Waals surface area contributed by atoms with Crippen LogP contribution in [0.4, 0.5) is 5.13 Å². The third-order valence-corrected chi connectivity index (χ3v) is 7.65. The number of nitrogens with one attached hydrogen (secondary N) is 2. The maximum atomic E-state index is 13.1. The van der Waals surface area contributed by atoms with Crippen LogP contribution in [0.2, 0.25) is 0 Å². The molecule has 0 spiro atoms. The smallest absolute Gasteiger partial charge is 0.352 e. The maximum Gasteiger partial charge on any atom is 0.352 e. The predicted molar refractivity (Wildman–Crippen MR) is 136 cm³/mol. The first-order valence-corrected chi connectivity index (χ1v) is 13.2. The van der Waals surface area contributed by atoms with E-state index in [1.54, 1.807) is 13.1 Å². The van der Waals surface area contributed by atoms with Gasteiger partial charge in [0.2, 0.25) is 11.5 Å². The molecule has 16 heteroatoms. The number of carboxylic acid groups (broad SMARTS) is 1. The number of H-pyrrole nitrogens is 1. The summed E-state index contributed by atoms with van der Waals surface area (Å²) in [5, 5.41) is 22.8. The molecule has 2 amide bonds. The molecule has 5 N–H and O–H groups in total. The molecule has 0 bridgehead atoms. The summed E-state index contributed by atoms with van der Waals surface area (Å²) in [7, 11) is 0. The van der Waals surface area contributed by atoms with Crippen LogP contribution in [0.3, 0.4) is 0 Å². The number of carbonyl (C=O) groups excluding carboxylic acids is 2. The van der Waals surface area contributed by atoms with E-state index in [4.69, 9.17) is 10.6 Å². The minimum atomic E-state index is -1.21. The summed E-state index contributed by atoms with van der Waals surface area (Å²) in [6.07, 6.45) is 5.33. The molecule has 0 unspecified atom stereocenters. The van der Waals surface area contributed by atoms with E-state index < -0.39 is 29.2 Å². The molecule has 3 aromatic rings. The van der Waals surface area contributed by atoms with Gasteiger partial charge in [-0.2, -0.15) is 14.5 Å². The maximum absolute atomic E-state index is 13.1. The van der Waals surface area contributed by atoms with E-state index >= 15 is 0 Å². The van der Waals surface area contributed by atoms with Crippen LogP contribution in [0.25, 0.3) is 11.3 Å². The summed E-state index contributed by atoms with van der Waals surface area (Å²) in [6.45, 7) is 2.18. The van der Waals surface area contributed by atoms with Crippen molar-refractivity contribution in [1.82, 2.24) is 29.8 Å². The Morgan fingerprint density at radius 1 is 1.37 bits per heavy atom. The van der Waals surface area contributed by atoms with Crippen LogP contribution < -0.4 is 15.6 Å². The first kappa shape index (κ1) is 25.3. The number of aliphatic carboxylic acids is 1. The molecular formula is C22H22N9O5S2+. The molecule has 5 rings (SSSR count). The van der Waals surface area contributed by atoms with Gasteiger partial charge in [0.15, 0.2) is 24.1 Å². The van der Waals surface area contributed by atoms with Crippen molar-refractivity contribution >= 4 is 51.9 Å². The van der Waals surface area contributed by atoms with Crippen LogP contribution >= 0.6 is 23.3 Å².